The Kier molecular flexibility index (Phi) is 13.9. The molecule has 0 fully saturated rings. The number of thiazole rings is 3. The molecule has 9 nitrogen and oxygen atoms in total. The number of imidazole rings is 2. The monoisotopic (exact) mass is 1290 g/mol. The third kappa shape index (κ3) is 10.0. The van der Waals surface area contributed by atoms with Crippen LogP contribution in [0.3, 0.4) is 0 Å². The van der Waals surface area contributed by atoms with Crippen molar-refractivity contribution in [3.05, 3.63) is 291 Å². The molecule has 12 heteroatoms. The van der Waals surface area contributed by atoms with Crippen molar-refractivity contribution in [3.63, 3.8) is 0 Å². The van der Waals surface area contributed by atoms with Crippen LogP contribution in [0.4, 0.5) is 0 Å². The molecule has 7 heterocycles. The molecule has 456 valence electrons. The number of aromatic nitrogens is 8. The number of furan rings is 1. The Balaban J connectivity index is 0.855. The van der Waals surface area contributed by atoms with Gasteiger partial charge in [0.2, 0.25) is 0 Å². The first-order valence-corrected chi connectivity index (χ1v) is 34.3. The van der Waals surface area contributed by atoms with E-state index in [0.717, 1.165) is 180 Å². The zero-order valence-corrected chi connectivity index (χ0v) is 54.8. The number of benzene rings is 11. The van der Waals surface area contributed by atoms with Crippen molar-refractivity contribution in [1.29, 1.82) is 0 Å². The first kappa shape index (κ1) is 57.0. The third-order valence-corrected chi connectivity index (χ3v) is 21.6. The van der Waals surface area contributed by atoms with Gasteiger partial charge in [0.05, 0.1) is 60.6 Å². The summed E-state index contributed by atoms with van der Waals surface area (Å²) in [6.45, 7) is 2.12. The summed E-state index contributed by atoms with van der Waals surface area (Å²) in [7, 11) is 4.20. The number of fused-ring (bicyclic) bond motifs is 6. The molecule has 0 saturated carbocycles. The lowest BCUT2D eigenvalue weighted by Gasteiger charge is -2.12. The maximum absolute atomic E-state index is 7.44. The summed E-state index contributed by atoms with van der Waals surface area (Å²) in [4.78, 5) is 28.8. The maximum Gasteiger partial charge on any atom is 0.145 e. The molecule has 0 saturated heterocycles. The van der Waals surface area contributed by atoms with Crippen molar-refractivity contribution in [3.8, 4) is 136 Å². The summed E-state index contributed by atoms with van der Waals surface area (Å²) in [5, 5.41) is 6.75. The fourth-order valence-corrected chi connectivity index (χ4v) is 16.3. The molecule has 0 atom stereocenters. The second-order valence-electron chi connectivity index (χ2n) is 24.3. The van der Waals surface area contributed by atoms with Crippen LogP contribution in [-0.4, -0.2) is 38.6 Å². The molecular formula is C84H56N8OS3. The number of aryl methyl sites for hydroxylation is 1. The van der Waals surface area contributed by atoms with Crippen molar-refractivity contribution < 1.29 is 4.42 Å². The van der Waals surface area contributed by atoms with Gasteiger partial charge in [0.25, 0.3) is 0 Å². The summed E-state index contributed by atoms with van der Waals surface area (Å²) in [6.07, 6.45) is 9.92. The molecule has 0 bridgehead atoms. The van der Waals surface area contributed by atoms with Crippen LogP contribution in [0.25, 0.3) is 180 Å². The quantitative estimate of drug-likeness (QED) is 0.114. The van der Waals surface area contributed by atoms with Gasteiger partial charge in [-0.25, -0.2) is 24.9 Å². The third-order valence-electron chi connectivity index (χ3n) is 18.4. The van der Waals surface area contributed by atoms with Gasteiger partial charge in [0.15, 0.2) is 0 Å². The van der Waals surface area contributed by atoms with Crippen LogP contribution in [0.1, 0.15) is 5.56 Å². The second kappa shape index (κ2) is 23.4. The summed E-state index contributed by atoms with van der Waals surface area (Å²) in [6, 6.07) is 91.1. The van der Waals surface area contributed by atoms with Crippen LogP contribution in [0.15, 0.2) is 290 Å². The van der Waals surface area contributed by atoms with E-state index in [2.05, 4.69) is 277 Å². The van der Waals surface area contributed by atoms with E-state index in [-0.39, 0.29) is 0 Å². The molecule has 11 aromatic carbocycles. The van der Waals surface area contributed by atoms with E-state index in [4.69, 9.17) is 29.3 Å². The van der Waals surface area contributed by atoms with Crippen LogP contribution in [0, 0.1) is 6.92 Å². The lowest BCUT2D eigenvalue weighted by Crippen LogP contribution is -1.96. The number of hydrogen-bond donors (Lipinski definition) is 0. The standard InChI is InChI=1S/C84H56N8OS3/c1-51-30-32-53(33-31-51)74-47-86-81(91(74)3)62-29-17-27-58(39-62)60-35-37-72-66(41-60)65-40-59(57-26-16-28-61(38-57)80-85-46-73(90(80)2)52-18-8-4-9-19-52)34-36-71(65)92(72)64-44-68-67-42-63(82-87-48-75(94-82)54-20-10-5-11-21-54)43-69(83-88-49-76(95-83)55-22-12-6-13-23-55)78(67)93-79(68)70(45-64)84-89-50-77(96-84)56-24-14-7-15-25-56/h4-50H,1-3H3. The molecule has 96 heavy (non-hydrogen) atoms. The van der Waals surface area contributed by atoms with Gasteiger partial charge in [0.1, 0.15) is 37.8 Å². The second-order valence-corrected chi connectivity index (χ2v) is 27.4. The molecule has 0 aliphatic rings. The minimum absolute atomic E-state index is 0.748. The highest BCUT2D eigenvalue weighted by molar-refractivity contribution is 7.19. The highest BCUT2D eigenvalue weighted by atomic mass is 32.1. The van der Waals surface area contributed by atoms with E-state index in [1.807, 2.05) is 43.1 Å². The summed E-state index contributed by atoms with van der Waals surface area (Å²) >= 11 is 5.02. The largest absolute Gasteiger partial charge is 0.455 e. The van der Waals surface area contributed by atoms with Gasteiger partial charge in [-0.3, -0.25) is 0 Å². The van der Waals surface area contributed by atoms with Crippen LogP contribution >= 0.6 is 34.0 Å². The topological polar surface area (TPSA) is 92.4 Å². The van der Waals surface area contributed by atoms with Crippen molar-refractivity contribution in [1.82, 2.24) is 38.6 Å². The van der Waals surface area contributed by atoms with Gasteiger partial charge in [-0.15, -0.1) is 34.0 Å². The van der Waals surface area contributed by atoms with Crippen LogP contribution in [-0.2, 0) is 14.1 Å². The van der Waals surface area contributed by atoms with Crippen LogP contribution in [0.5, 0.6) is 0 Å². The Labute approximate surface area is 565 Å². The molecule has 0 N–H and O–H groups in total. The summed E-state index contributed by atoms with van der Waals surface area (Å²) < 4.78 is 14.3. The van der Waals surface area contributed by atoms with Crippen LogP contribution < -0.4 is 0 Å². The Bertz CT molecular complexity index is 5990. The van der Waals surface area contributed by atoms with Gasteiger partial charge in [-0.1, -0.05) is 200 Å². The van der Waals surface area contributed by atoms with E-state index in [9.17, 15) is 0 Å². The lowest BCUT2D eigenvalue weighted by atomic mass is 9.98. The molecule has 0 spiro atoms. The van der Waals surface area contributed by atoms with E-state index < -0.39 is 0 Å². The molecule has 18 rings (SSSR count). The van der Waals surface area contributed by atoms with Crippen molar-refractivity contribution in [2.24, 2.45) is 14.1 Å². The molecule has 0 amide bonds. The van der Waals surface area contributed by atoms with Gasteiger partial charge in [-0.2, -0.15) is 0 Å². The SMILES string of the molecule is Cc1ccc(-c2cnc(-c3cccc(-c4ccc5c(c4)c4cc(-c6cccc(-c7ncc(-c8ccccc8)n7C)c6)ccc4n5-c4cc(-c5ncc(-c6ccccc6)s5)c5oc6c(-c7ncc(-c8ccccc8)s7)cc(-c7ncc(-c8ccccc8)s7)cc6c5c4)c3)n2C)cc1. The maximum atomic E-state index is 7.44. The Morgan fingerprint density at radius 1 is 0.302 bits per heavy atom. The highest BCUT2D eigenvalue weighted by Gasteiger charge is 2.26. The van der Waals surface area contributed by atoms with Crippen LogP contribution in [0.2, 0.25) is 0 Å². The minimum Gasteiger partial charge on any atom is -0.455 e. The predicted octanol–water partition coefficient (Wildman–Crippen LogP) is 22.8. The molecule has 7 aromatic heterocycles. The Morgan fingerprint density at radius 2 is 0.688 bits per heavy atom. The zero-order chi connectivity index (χ0) is 64.0. The molecule has 0 aliphatic heterocycles. The average Bonchev–Trinajstić information content (AvgIpc) is 1.55. The van der Waals surface area contributed by atoms with E-state index in [0.29, 0.717) is 0 Å². The number of nitrogens with zero attached hydrogens (tertiary/aromatic N) is 8. The van der Waals surface area contributed by atoms with Crippen molar-refractivity contribution in [2.45, 2.75) is 6.92 Å². The van der Waals surface area contributed by atoms with Crippen molar-refractivity contribution >= 4 is 77.8 Å². The van der Waals surface area contributed by atoms with Gasteiger partial charge < -0.3 is 18.1 Å². The molecular weight excluding hydrogens is 1230 g/mol. The Hall–Kier alpha value is -11.7. The first-order valence-electron chi connectivity index (χ1n) is 31.8. The van der Waals surface area contributed by atoms with Gasteiger partial charge in [-0.05, 0) is 118 Å². The van der Waals surface area contributed by atoms with E-state index >= 15 is 0 Å². The number of hydrogen-bond acceptors (Lipinski definition) is 9. The summed E-state index contributed by atoms with van der Waals surface area (Å²) in [5.41, 5.74) is 22.8. The molecule has 0 unspecified atom stereocenters. The minimum atomic E-state index is 0.748. The van der Waals surface area contributed by atoms with Crippen molar-refractivity contribution in [2.75, 3.05) is 0 Å². The number of rotatable bonds is 13. The fraction of sp³-hybridized carbons (Fsp3) is 0.0357. The first-order chi connectivity index (χ1) is 47.3. The predicted molar refractivity (Wildman–Crippen MR) is 399 cm³/mol. The summed E-state index contributed by atoms with van der Waals surface area (Å²) in [5.74, 6) is 1.80. The smallest absolute Gasteiger partial charge is 0.145 e. The molecule has 0 radical (unpaired) electrons. The van der Waals surface area contributed by atoms with E-state index in [1.165, 1.54) is 5.56 Å². The zero-order valence-electron chi connectivity index (χ0n) is 52.3. The van der Waals surface area contributed by atoms with Gasteiger partial charge >= 0.3 is 0 Å². The lowest BCUT2D eigenvalue weighted by molar-refractivity contribution is 0.671. The Morgan fingerprint density at radius 3 is 1.19 bits per heavy atom. The van der Waals surface area contributed by atoms with Gasteiger partial charge in [0, 0.05) is 76.6 Å². The highest BCUT2D eigenvalue weighted by Crippen LogP contribution is 2.49. The van der Waals surface area contributed by atoms with E-state index in [1.54, 1.807) is 34.0 Å². The fourth-order valence-electron chi connectivity index (χ4n) is 13.5. The average molecular weight is 1290 g/mol. The molecule has 18 aromatic rings. The normalized spacial score (nSPS) is 11.7. The molecule has 0 aliphatic carbocycles.